The minimum atomic E-state index is -0.660. The van der Waals surface area contributed by atoms with Crippen molar-refractivity contribution >= 4 is 23.5 Å². The van der Waals surface area contributed by atoms with Gasteiger partial charge in [0, 0.05) is 18.8 Å². The second-order valence-electron chi connectivity index (χ2n) is 5.74. The summed E-state index contributed by atoms with van der Waals surface area (Å²) in [5.41, 5.74) is 0.558. The van der Waals surface area contributed by atoms with E-state index in [4.69, 9.17) is 9.47 Å². The number of hydrogen-bond donors (Lipinski definition) is 3. The third kappa shape index (κ3) is 7.14. The van der Waals surface area contributed by atoms with Crippen LogP contribution in [0.25, 0.3) is 0 Å². The highest BCUT2D eigenvalue weighted by Gasteiger charge is 2.21. The molecule has 1 aromatic carbocycles. The van der Waals surface area contributed by atoms with Crippen LogP contribution in [0.15, 0.2) is 18.2 Å². The first kappa shape index (κ1) is 22.2. The highest BCUT2D eigenvalue weighted by molar-refractivity contribution is 5.97. The maximum absolute atomic E-state index is 12.3. The molecule has 0 aromatic heterocycles. The van der Waals surface area contributed by atoms with Crippen LogP contribution < -0.4 is 25.4 Å². The van der Waals surface area contributed by atoms with Crippen LogP contribution in [0.3, 0.4) is 0 Å². The van der Waals surface area contributed by atoms with Crippen molar-refractivity contribution in [1.82, 2.24) is 15.5 Å². The van der Waals surface area contributed by atoms with Gasteiger partial charge in [-0.25, -0.2) is 4.79 Å². The second kappa shape index (κ2) is 11.0. The van der Waals surface area contributed by atoms with E-state index in [9.17, 15) is 14.4 Å². The number of anilines is 1. The number of nitrogens with one attached hydrogen (secondary N) is 3. The van der Waals surface area contributed by atoms with Gasteiger partial charge in [-0.3, -0.25) is 19.8 Å². The highest BCUT2D eigenvalue weighted by Crippen LogP contribution is 2.30. The first-order valence-electron chi connectivity index (χ1n) is 8.74. The summed E-state index contributed by atoms with van der Waals surface area (Å²) in [6, 6.07) is 3.88. The van der Waals surface area contributed by atoms with Gasteiger partial charge in [0.2, 0.25) is 11.8 Å². The lowest BCUT2D eigenvalue weighted by atomic mass is 10.2. The van der Waals surface area contributed by atoms with Crippen molar-refractivity contribution in [3.63, 3.8) is 0 Å². The van der Waals surface area contributed by atoms with Crippen LogP contribution in [0.1, 0.15) is 20.8 Å². The molecule has 0 aliphatic heterocycles. The van der Waals surface area contributed by atoms with Gasteiger partial charge in [0.05, 0.1) is 25.8 Å². The smallest absolute Gasteiger partial charge is 0.321 e. The van der Waals surface area contributed by atoms with E-state index in [-0.39, 0.29) is 12.5 Å². The lowest BCUT2D eigenvalue weighted by Crippen LogP contribution is -2.49. The van der Waals surface area contributed by atoms with Crippen LogP contribution in [0.4, 0.5) is 10.5 Å². The lowest BCUT2D eigenvalue weighted by molar-refractivity contribution is -0.125. The number of benzene rings is 1. The number of rotatable bonds is 9. The summed E-state index contributed by atoms with van der Waals surface area (Å²) in [5.74, 6) is 0.353. The molecule has 0 heterocycles. The molecule has 4 amide bonds. The van der Waals surface area contributed by atoms with Crippen LogP contribution in [0.2, 0.25) is 0 Å². The first-order valence-corrected chi connectivity index (χ1v) is 8.74. The molecule has 27 heavy (non-hydrogen) atoms. The highest BCUT2D eigenvalue weighted by atomic mass is 16.5. The summed E-state index contributed by atoms with van der Waals surface area (Å²) in [7, 11) is 3.04. The Morgan fingerprint density at radius 1 is 1.11 bits per heavy atom. The van der Waals surface area contributed by atoms with Gasteiger partial charge in [-0.1, -0.05) is 0 Å². The van der Waals surface area contributed by atoms with E-state index < -0.39 is 18.0 Å². The Morgan fingerprint density at radius 2 is 1.74 bits per heavy atom. The quantitative estimate of drug-likeness (QED) is 0.594. The molecular formula is C18H28N4O5. The summed E-state index contributed by atoms with van der Waals surface area (Å²) >= 11 is 0. The van der Waals surface area contributed by atoms with Gasteiger partial charge in [-0.05, 0) is 40.0 Å². The molecule has 1 aromatic rings. The number of hydrogen-bond acceptors (Lipinski definition) is 6. The fourth-order valence-corrected chi connectivity index (χ4v) is 2.17. The number of likely N-dealkylation sites (N-methyl/N-ethyl adjacent to an activating group) is 1. The number of carbonyl (C=O) groups excluding carboxylic acids is 3. The number of amides is 4. The molecule has 1 rings (SSSR count). The number of ether oxygens (including phenoxy) is 2. The van der Waals surface area contributed by atoms with Gasteiger partial charge in [-0.2, -0.15) is 0 Å². The van der Waals surface area contributed by atoms with E-state index in [1.165, 1.54) is 11.9 Å². The van der Waals surface area contributed by atoms with E-state index >= 15 is 0 Å². The minimum Gasteiger partial charge on any atom is -0.490 e. The predicted molar refractivity (Wildman–Crippen MR) is 102 cm³/mol. The van der Waals surface area contributed by atoms with E-state index in [1.54, 1.807) is 32.2 Å². The molecule has 0 aliphatic rings. The Hall–Kier alpha value is -2.81. The molecule has 0 bridgehead atoms. The fraction of sp³-hybridized carbons (Fsp3) is 0.500. The summed E-state index contributed by atoms with van der Waals surface area (Å²) in [6.45, 7) is 6.30. The number of urea groups is 1. The molecule has 0 saturated carbocycles. The molecule has 0 saturated heterocycles. The molecule has 1 atom stereocenters. The fourth-order valence-electron chi connectivity index (χ4n) is 2.17. The third-order valence-corrected chi connectivity index (χ3v) is 3.72. The zero-order valence-electron chi connectivity index (χ0n) is 16.4. The van der Waals surface area contributed by atoms with E-state index in [2.05, 4.69) is 16.0 Å². The van der Waals surface area contributed by atoms with Gasteiger partial charge >= 0.3 is 6.03 Å². The zero-order valence-corrected chi connectivity index (χ0v) is 16.4. The molecule has 0 fully saturated rings. The molecule has 0 radical (unpaired) electrons. The molecule has 9 nitrogen and oxygen atoms in total. The number of nitrogens with zero attached hydrogens (tertiary/aromatic N) is 1. The van der Waals surface area contributed by atoms with Crippen LogP contribution in [-0.2, 0) is 9.59 Å². The van der Waals surface area contributed by atoms with Gasteiger partial charge < -0.3 is 20.1 Å². The SMILES string of the molecule is CCOc1ccc(NC(=O)CN(C)[C@@H](C)C(=O)NC(=O)NC)cc1OCC. The Bertz CT molecular complexity index is 665. The molecule has 0 spiro atoms. The molecule has 9 heteroatoms. The van der Waals surface area contributed by atoms with Crippen molar-refractivity contribution in [3.05, 3.63) is 18.2 Å². The van der Waals surface area contributed by atoms with Crippen molar-refractivity contribution in [2.75, 3.05) is 39.2 Å². The van der Waals surface area contributed by atoms with Crippen LogP contribution in [0.5, 0.6) is 11.5 Å². The third-order valence-electron chi connectivity index (χ3n) is 3.72. The normalized spacial score (nSPS) is 11.5. The van der Waals surface area contributed by atoms with Crippen molar-refractivity contribution in [2.24, 2.45) is 0 Å². The van der Waals surface area contributed by atoms with Gasteiger partial charge in [-0.15, -0.1) is 0 Å². The zero-order chi connectivity index (χ0) is 20.4. The molecule has 3 N–H and O–H groups in total. The van der Waals surface area contributed by atoms with Crippen molar-refractivity contribution in [1.29, 1.82) is 0 Å². The van der Waals surface area contributed by atoms with Gasteiger partial charge in [0.15, 0.2) is 11.5 Å². The molecule has 0 aliphatic carbocycles. The van der Waals surface area contributed by atoms with Crippen molar-refractivity contribution < 1.29 is 23.9 Å². The Balaban J connectivity index is 2.69. The second-order valence-corrected chi connectivity index (χ2v) is 5.74. The summed E-state index contributed by atoms with van der Waals surface area (Å²) < 4.78 is 11.0. The maximum Gasteiger partial charge on any atom is 0.321 e. The van der Waals surface area contributed by atoms with Gasteiger partial charge in [0.25, 0.3) is 0 Å². The number of carbonyl (C=O) groups is 3. The van der Waals surface area contributed by atoms with Crippen LogP contribution in [0, 0.1) is 0 Å². The maximum atomic E-state index is 12.3. The van der Waals surface area contributed by atoms with E-state index in [1.807, 2.05) is 13.8 Å². The van der Waals surface area contributed by atoms with E-state index in [0.717, 1.165) is 0 Å². The minimum absolute atomic E-state index is 0.0283. The topological polar surface area (TPSA) is 109 Å². The average molecular weight is 380 g/mol. The predicted octanol–water partition coefficient (Wildman–Crippen LogP) is 1.20. The molecular weight excluding hydrogens is 352 g/mol. The Labute approximate surface area is 159 Å². The lowest BCUT2D eigenvalue weighted by Gasteiger charge is -2.23. The first-order chi connectivity index (χ1) is 12.8. The largest absolute Gasteiger partial charge is 0.490 e. The standard InChI is InChI=1S/C18H28N4O5/c1-6-26-14-9-8-13(10-15(14)27-7-2)20-16(23)11-22(5)12(3)17(24)21-18(25)19-4/h8-10,12H,6-7,11H2,1-5H3,(H,20,23)(H2,19,21,24,25)/t12-/m0/s1. The van der Waals surface area contributed by atoms with Crippen molar-refractivity contribution in [3.8, 4) is 11.5 Å². The van der Waals surface area contributed by atoms with Gasteiger partial charge in [0.1, 0.15) is 0 Å². The van der Waals surface area contributed by atoms with Crippen LogP contribution in [-0.4, -0.2) is 62.6 Å². The summed E-state index contributed by atoms with van der Waals surface area (Å²) in [6.07, 6.45) is 0. The Morgan fingerprint density at radius 3 is 2.33 bits per heavy atom. The van der Waals surface area contributed by atoms with Crippen LogP contribution >= 0.6 is 0 Å². The molecule has 0 unspecified atom stereocenters. The number of imide groups is 1. The molecule has 150 valence electrons. The summed E-state index contributed by atoms with van der Waals surface area (Å²) in [4.78, 5) is 36.9. The summed E-state index contributed by atoms with van der Waals surface area (Å²) in [5, 5.41) is 7.24. The average Bonchev–Trinajstić information content (AvgIpc) is 2.63. The monoisotopic (exact) mass is 380 g/mol. The van der Waals surface area contributed by atoms with Crippen molar-refractivity contribution in [2.45, 2.75) is 26.8 Å². The van der Waals surface area contributed by atoms with E-state index in [0.29, 0.717) is 30.4 Å². The Kier molecular flexibility index (Phi) is 9.07.